The highest BCUT2D eigenvalue weighted by Crippen LogP contribution is 2.33. The van der Waals surface area contributed by atoms with E-state index in [4.69, 9.17) is 25.8 Å². The summed E-state index contributed by atoms with van der Waals surface area (Å²) >= 11 is 9.27. The van der Waals surface area contributed by atoms with E-state index < -0.39 is 22.5 Å². The molecule has 3 rings (SSSR count). The van der Waals surface area contributed by atoms with Gasteiger partial charge < -0.3 is 14.2 Å². The molecule has 0 saturated heterocycles. The lowest BCUT2D eigenvalue weighted by atomic mass is 10.3. The summed E-state index contributed by atoms with van der Waals surface area (Å²) in [6.45, 7) is 0.458. The maximum atomic E-state index is 12.8. The third kappa shape index (κ3) is 4.78. The van der Waals surface area contributed by atoms with E-state index in [9.17, 15) is 13.2 Å². The Labute approximate surface area is 176 Å². The normalized spacial score (nSPS) is 13.9. The van der Waals surface area contributed by atoms with Gasteiger partial charge in [0.05, 0.1) is 23.1 Å². The van der Waals surface area contributed by atoms with Crippen LogP contribution in [0.15, 0.2) is 45.8 Å². The standard InChI is InChI=1S/C18H17BrClNO6S/c1-21(11-18(22)27-15-5-3-12(19)9-14(15)20)28(23,24)13-4-6-16-17(10-13)26-8-2-7-25-16/h3-6,9-10H,2,7-8,11H2,1H3. The highest BCUT2D eigenvalue weighted by molar-refractivity contribution is 9.10. The zero-order valence-electron chi connectivity index (χ0n) is 14.9. The van der Waals surface area contributed by atoms with Crippen molar-refractivity contribution in [1.82, 2.24) is 4.31 Å². The van der Waals surface area contributed by atoms with Gasteiger partial charge >= 0.3 is 5.97 Å². The van der Waals surface area contributed by atoms with E-state index in [1.54, 1.807) is 18.2 Å². The number of hydrogen-bond acceptors (Lipinski definition) is 6. The van der Waals surface area contributed by atoms with Crippen LogP contribution < -0.4 is 14.2 Å². The fourth-order valence-corrected chi connectivity index (χ4v) is 4.31. The van der Waals surface area contributed by atoms with Crippen LogP contribution in [0.2, 0.25) is 5.02 Å². The third-order valence-electron chi connectivity index (χ3n) is 3.90. The molecule has 7 nitrogen and oxygen atoms in total. The number of likely N-dealkylation sites (N-methyl/N-ethyl adjacent to an activating group) is 1. The Morgan fingerprint density at radius 2 is 1.89 bits per heavy atom. The quantitative estimate of drug-likeness (QED) is 0.471. The summed E-state index contributed by atoms with van der Waals surface area (Å²) in [6.07, 6.45) is 0.709. The summed E-state index contributed by atoms with van der Waals surface area (Å²) in [5.74, 6) is 0.237. The molecule has 150 valence electrons. The van der Waals surface area contributed by atoms with Crippen molar-refractivity contribution in [3.63, 3.8) is 0 Å². The number of benzene rings is 2. The van der Waals surface area contributed by atoms with Crippen LogP contribution in [0.5, 0.6) is 17.2 Å². The van der Waals surface area contributed by atoms with Crippen molar-refractivity contribution in [1.29, 1.82) is 0 Å². The van der Waals surface area contributed by atoms with Crippen molar-refractivity contribution < 1.29 is 27.4 Å². The third-order valence-corrected chi connectivity index (χ3v) is 6.48. The number of sulfonamides is 1. The van der Waals surface area contributed by atoms with E-state index in [1.165, 1.54) is 25.2 Å². The van der Waals surface area contributed by atoms with Gasteiger partial charge in [-0.05, 0) is 30.3 Å². The van der Waals surface area contributed by atoms with Gasteiger partial charge in [0.2, 0.25) is 10.0 Å². The Kier molecular flexibility index (Phi) is 6.49. The van der Waals surface area contributed by atoms with Crippen LogP contribution in [-0.4, -0.2) is 45.5 Å². The van der Waals surface area contributed by atoms with Crippen LogP contribution in [0.25, 0.3) is 0 Å². The second-order valence-corrected chi connectivity index (χ2v) is 9.34. The van der Waals surface area contributed by atoms with Crippen LogP contribution in [0.3, 0.4) is 0 Å². The molecule has 0 aromatic heterocycles. The Morgan fingerprint density at radius 3 is 2.61 bits per heavy atom. The highest BCUT2D eigenvalue weighted by Gasteiger charge is 2.26. The SMILES string of the molecule is CN(CC(=O)Oc1ccc(Br)cc1Cl)S(=O)(=O)c1ccc2c(c1)OCCCO2. The van der Waals surface area contributed by atoms with Gasteiger partial charge in [-0.1, -0.05) is 27.5 Å². The lowest BCUT2D eigenvalue weighted by Crippen LogP contribution is -2.34. The van der Waals surface area contributed by atoms with Crippen LogP contribution in [0, 0.1) is 0 Å². The van der Waals surface area contributed by atoms with Gasteiger partial charge in [0.25, 0.3) is 0 Å². The van der Waals surface area contributed by atoms with Gasteiger partial charge in [0, 0.05) is 24.0 Å². The molecule has 0 fully saturated rings. The molecule has 0 unspecified atom stereocenters. The van der Waals surface area contributed by atoms with Crippen LogP contribution in [-0.2, 0) is 14.8 Å². The molecule has 1 aliphatic heterocycles. The molecular weight excluding hydrogens is 474 g/mol. The molecule has 1 heterocycles. The number of fused-ring (bicyclic) bond motifs is 1. The number of carbonyl (C=O) groups excluding carboxylic acids is 1. The molecule has 0 bridgehead atoms. The van der Waals surface area contributed by atoms with E-state index in [1.807, 2.05) is 0 Å². The first-order valence-corrected chi connectivity index (χ1v) is 10.9. The number of ether oxygens (including phenoxy) is 3. The Balaban J connectivity index is 1.73. The second-order valence-electron chi connectivity index (χ2n) is 5.97. The van der Waals surface area contributed by atoms with Gasteiger partial charge in [0.15, 0.2) is 11.5 Å². The molecule has 0 atom stereocenters. The summed E-state index contributed by atoms with van der Waals surface area (Å²) in [4.78, 5) is 12.2. The minimum atomic E-state index is -3.93. The predicted octanol–water partition coefficient (Wildman–Crippen LogP) is 3.49. The molecular formula is C18H17BrClNO6S. The van der Waals surface area contributed by atoms with E-state index in [-0.39, 0.29) is 15.7 Å². The summed E-state index contributed by atoms with van der Waals surface area (Å²) < 4.78 is 43.4. The Morgan fingerprint density at radius 1 is 1.18 bits per heavy atom. The van der Waals surface area contributed by atoms with E-state index in [2.05, 4.69) is 15.9 Å². The van der Waals surface area contributed by atoms with Crippen molar-refractivity contribution in [2.75, 3.05) is 26.8 Å². The number of carbonyl (C=O) groups is 1. The van der Waals surface area contributed by atoms with E-state index in [0.29, 0.717) is 31.1 Å². The number of esters is 1. The lowest BCUT2D eigenvalue weighted by Gasteiger charge is -2.17. The summed E-state index contributed by atoms with van der Waals surface area (Å²) in [7, 11) is -2.64. The zero-order valence-corrected chi connectivity index (χ0v) is 18.0. The van der Waals surface area contributed by atoms with Crippen LogP contribution in [0.1, 0.15) is 6.42 Å². The smallest absolute Gasteiger partial charge is 0.326 e. The molecule has 0 N–H and O–H groups in total. The number of hydrogen-bond donors (Lipinski definition) is 0. The topological polar surface area (TPSA) is 82.1 Å². The molecule has 2 aromatic carbocycles. The molecule has 0 saturated carbocycles. The molecule has 28 heavy (non-hydrogen) atoms. The van der Waals surface area contributed by atoms with Gasteiger partial charge in [-0.3, -0.25) is 4.79 Å². The molecule has 0 aliphatic carbocycles. The van der Waals surface area contributed by atoms with Crippen LogP contribution in [0.4, 0.5) is 0 Å². The summed E-state index contributed by atoms with van der Waals surface area (Å²) in [5, 5.41) is 0.233. The largest absolute Gasteiger partial charge is 0.490 e. The Hall–Kier alpha value is -1.81. The minimum Gasteiger partial charge on any atom is -0.490 e. The maximum Gasteiger partial charge on any atom is 0.326 e. The van der Waals surface area contributed by atoms with E-state index in [0.717, 1.165) is 8.78 Å². The van der Waals surface area contributed by atoms with Crippen molar-refractivity contribution in [3.8, 4) is 17.2 Å². The van der Waals surface area contributed by atoms with Crippen molar-refractivity contribution in [2.45, 2.75) is 11.3 Å². The van der Waals surface area contributed by atoms with Crippen molar-refractivity contribution >= 4 is 43.5 Å². The monoisotopic (exact) mass is 489 g/mol. The fourth-order valence-electron chi connectivity index (χ4n) is 2.46. The van der Waals surface area contributed by atoms with E-state index >= 15 is 0 Å². The summed E-state index contributed by atoms with van der Waals surface area (Å²) in [5.41, 5.74) is 0. The molecule has 0 spiro atoms. The van der Waals surface area contributed by atoms with Crippen LogP contribution >= 0.6 is 27.5 Å². The highest BCUT2D eigenvalue weighted by atomic mass is 79.9. The van der Waals surface area contributed by atoms with Gasteiger partial charge in [0.1, 0.15) is 12.3 Å². The average Bonchev–Trinajstić information content (AvgIpc) is 2.88. The molecule has 2 aromatic rings. The number of nitrogens with zero attached hydrogens (tertiary/aromatic N) is 1. The lowest BCUT2D eigenvalue weighted by molar-refractivity contribution is -0.134. The van der Waals surface area contributed by atoms with Gasteiger partial charge in [-0.15, -0.1) is 0 Å². The van der Waals surface area contributed by atoms with Gasteiger partial charge in [-0.25, -0.2) is 8.42 Å². The first-order chi connectivity index (χ1) is 13.3. The molecule has 0 radical (unpaired) electrons. The second kappa shape index (κ2) is 8.69. The molecule has 0 amide bonds. The maximum absolute atomic E-state index is 12.8. The minimum absolute atomic E-state index is 0.00581. The van der Waals surface area contributed by atoms with Crippen molar-refractivity contribution in [2.24, 2.45) is 0 Å². The Bertz CT molecular complexity index is 998. The first kappa shape index (κ1) is 20.9. The molecule has 10 heteroatoms. The van der Waals surface area contributed by atoms with Crippen molar-refractivity contribution in [3.05, 3.63) is 45.9 Å². The number of halogens is 2. The first-order valence-electron chi connectivity index (χ1n) is 8.29. The van der Waals surface area contributed by atoms with Gasteiger partial charge in [-0.2, -0.15) is 4.31 Å². The average molecular weight is 491 g/mol. The summed E-state index contributed by atoms with van der Waals surface area (Å²) in [6, 6.07) is 9.10. The number of rotatable bonds is 5. The predicted molar refractivity (Wildman–Crippen MR) is 107 cm³/mol. The zero-order chi connectivity index (χ0) is 20.3. The molecule has 1 aliphatic rings. The fraction of sp³-hybridized carbons (Fsp3) is 0.278.